The van der Waals surface area contributed by atoms with E-state index in [-0.39, 0.29) is 36.1 Å². The van der Waals surface area contributed by atoms with E-state index in [1.54, 1.807) is 4.90 Å². The number of likely N-dealkylation sites (tertiary alicyclic amines) is 1. The van der Waals surface area contributed by atoms with E-state index in [1.807, 2.05) is 74.5 Å². The lowest BCUT2D eigenvalue weighted by Gasteiger charge is -2.22. The first-order valence-corrected chi connectivity index (χ1v) is 10.9. The molecule has 0 radical (unpaired) electrons. The zero-order valence-electron chi connectivity index (χ0n) is 18.2. The molecule has 164 valence electrons. The van der Waals surface area contributed by atoms with Crippen LogP contribution in [0.2, 0.25) is 0 Å². The Labute approximate surface area is 184 Å². The highest BCUT2D eigenvalue weighted by molar-refractivity contribution is 5.90. The fourth-order valence-electron chi connectivity index (χ4n) is 3.90. The quantitative estimate of drug-likeness (QED) is 0.654. The maximum Gasteiger partial charge on any atom is 0.242 e. The molecule has 2 aromatic carbocycles. The average molecular weight is 422 g/mol. The average Bonchev–Trinajstić information content (AvgIpc) is 3.12. The van der Waals surface area contributed by atoms with Crippen LogP contribution in [0, 0.1) is 5.92 Å². The molecule has 0 spiro atoms. The smallest absolute Gasteiger partial charge is 0.242 e. The van der Waals surface area contributed by atoms with Gasteiger partial charge in [-0.1, -0.05) is 74.5 Å². The van der Waals surface area contributed by atoms with Crippen LogP contribution in [0.15, 0.2) is 60.7 Å². The number of benzene rings is 2. The molecule has 31 heavy (non-hydrogen) atoms. The molecule has 1 aliphatic rings. The van der Waals surface area contributed by atoms with E-state index in [9.17, 15) is 14.4 Å². The lowest BCUT2D eigenvalue weighted by Crippen LogP contribution is -2.50. The molecular formula is C25H31N3O3. The van der Waals surface area contributed by atoms with Gasteiger partial charge in [-0.3, -0.25) is 14.4 Å². The van der Waals surface area contributed by atoms with Crippen molar-refractivity contribution in [2.45, 2.75) is 45.2 Å². The summed E-state index contributed by atoms with van der Waals surface area (Å²) in [4.78, 5) is 39.4. The molecular weight excluding hydrogens is 390 g/mol. The predicted octanol–water partition coefficient (Wildman–Crippen LogP) is 2.85. The molecule has 3 rings (SSSR count). The van der Waals surface area contributed by atoms with Gasteiger partial charge < -0.3 is 15.5 Å². The Morgan fingerprint density at radius 3 is 2.32 bits per heavy atom. The third kappa shape index (κ3) is 6.67. The monoisotopic (exact) mass is 421 g/mol. The summed E-state index contributed by atoms with van der Waals surface area (Å²) in [5.41, 5.74) is 2.11. The second-order valence-corrected chi connectivity index (χ2v) is 8.54. The molecule has 3 amide bonds. The molecule has 0 aliphatic carbocycles. The second-order valence-electron chi connectivity index (χ2n) is 8.54. The Kier molecular flexibility index (Phi) is 7.82. The molecule has 2 N–H and O–H groups in total. The zero-order valence-corrected chi connectivity index (χ0v) is 18.2. The van der Waals surface area contributed by atoms with Gasteiger partial charge in [0.1, 0.15) is 6.04 Å². The van der Waals surface area contributed by atoms with E-state index in [0.29, 0.717) is 25.9 Å². The predicted molar refractivity (Wildman–Crippen MR) is 120 cm³/mol. The van der Waals surface area contributed by atoms with Crippen LogP contribution in [-0.4, -0.2) is 41.8 Å². The Morgan fingerprint density at radius 1 is 1.03 bits per heavy atom. The molecule has 6 heteroatoms. The van der Waals surface area contributed by atoms with E-state index in [1.165, 1.54) is 0 Å². The molecule has 2 atom stereocenters. The van der Waals surface area contributed by atoms with Crippen molar-refractivity contribution in [3.05, 3.63) is 71.8 Å². The fraction of sp³-hybridized carbons (Fsp3) is 0.400. The van der Waals surface area contributed by atoms with Crippen LogP contribution in [0.25, 0.3) is 0 Å². The highest BCUT2D eigenvalue weighted by Crippen LogP contribution is 2.27. The lowest BCUT2D eigenvalue weighted by atomic mass is 9.99. The van der Waals surface area contributed by atoms with E-state index in [4.69, 9.17) is 0 Å². The van der Waals surface area contributed by atoms with Gasteiger partial charge in [0.25, 0.3) is 0 Å². The van der Waals surface area contributed by atoms with Gasteiger partial charge in [-0.05, 0) is 23.5 Å². The summed E-state index contributed by atoms with van der Waals surface area (Å²) in [6.07, 6.45) is 0.942. The van der Waals surface area contributed by atoms with E-state index in [0.717, 1.165) is 11.1 Å². The minimum Gasteiger partial charge on any atom is -0.350 e. The van der Waals surface area contributed by atoms with Crippen molar-refractivity contribution in [2.75, 3.05) is 13.1 Å². The van der Waals surface area contributed by atoms with Crippen molar-refractivity contribution in [1.29, 1.82) is 0 Å². The van der Waals surface area contributed by atoms with Crippen molar-refractivity contribution in [2.24, 2.45) is 5.92 Å². The summed E-state index contributed by atoms with van der Waals surface area (Å²) in [5, 5.41) is 5.75. The van der Waals surface area contributed by atoms with Gasteiger partial charge in [0.05, 0.1) is 6.54 Å². The van der Waals surface area contributed by atoms with Crippen molar-refractivity contribution < 1.29 is 14.4 Å². The van der Waals surface area contributed by atoms with E-state index < -0.39 is 6.04 Å². The highest BCUT2D eigenvalue weighted by atomic mass is 16.2. The first-order chi connectivity index (χ1) is 14.9. The molecule has 0 bridgehead atoms. The number of hydrogen-bond donors (Lipinski definition) is 2. The number of nitrogens with zero attached hydrogens (tertiary/aromatic N) is 1. The van der Waals surface area contributed by atoms with Gasteiger partial charge in [-0.25, -0.2) is 0 Å². The Bertz CT molecular complexity index is 883. The van der Waals surface area contributed by atoms with Gasteiger partial charge in [0.15, 0.2) is 0 Å². The topological polar surface area (TPSA) is 78.5 Å². The number of carbonyl (C=O) groups is 3. The van der Waals surface area contributed by atoms with Gasteiger partial charge >= 0.3 is 0 Å². The van der Waals surface area contributed by atoms with Gasteiger partial charge in [0, 0.05) is 25.4 Å². The summed E-state index contributed by atoms with van der Waals surface area (Å²) in [6.45, 7) is 4.93. The largest absolute Gasteiger partial charge is 0.350 e. The van der Waals surface area contributed by atoms with Crippen LogP contribution < -0.4 is 10.6 Å². The van der Waals surface area contributed by atoms with Crippen LogP contribution in [-0.2, 0) is 20.9 Å². The molecule has 1 heterocycles. The number of hydrogen-bond acceptors (Lipinski definition) is 3. The molecule has 1 fully saturated rings. The minimum absolute atomic E-state index is 0.0251. The Morgan fingerprint density at radius 2 is 1.68 bits per heavy atom. The summed E-state index contributed by atoms with van der Waals surface area (Å²) in [5.74, 6) is -0.202. The van der Waals surface area contributed by atoms with Crippen LogP contribution in [0.5, 0.6) is 0 Å². The van der Waals surface area contributed by atoms with E-state index in [2.05, 4.69) is 10.6 Å². The second kappa shape index (κ2) is 10.8. The third-order valence-electron chi connectivity index (χ3n) is 5.49. The molecule has 1 aliphatic heterocycles. The van der Waals surface area contributed by atoms with Gasteiger partial charge in [-0.2, -0.15) is 0 Å². The van der Waals surface area contributed by atoms with Crippen LogP contribution in [0.3, 0.4) is 0 Å². The summed E-state index contributed by atoms with van der Waals surface area (Å²) in [7, 11) is 0. The maximum atomic E-state index is 12.7. The number of carbonyl (C=O) groups excluding carboxylic acids is 3. The fourth-order valence-corrected chi connectivity index (χ4v) is 3.90. The Hall–Kier alpha value is -3.15. The molecule has 1 saturated heterocycles. The molecule has 0 saturated carbocycles. The first-order valence-electron chi connectivity index (χ1n) is 10.9. The number of nitrogens with one attached hydrogen (secondary N) is 2. The molecule has 2 unspecified atom stereocenters. The summed E-state index contributed by atoms with van der Waals surface area (Å²) < 4.78 is 0. The molecule has 0 aromatic heterocycles. The lowest BCUT2D eigenvalue weighted by molar-refractivity contribution is -0.134. The summed E-state index contributed by atoms with van der Waals surface area (Å²) in [6, 6.07) is 18.9. The van der Waals surface area contributed by atoms with Crippen LogP contribution in [0.4, 0.5) is 0 Å². The maximum absolute atomic E-state index is 12.7. The minimum atomic E-state index is -0.626. The van der Waals surface area contributed by atoms with Gasteiger partial charge in [-0.15, -0.1) is 0 Å². The van der Waals surface area contributed by atoms with Crippen molar-refractivity contribution >= 4 is 17.7 Å². The molecule has 6 nitrogen and oxygen atoms in total. The van der Waals surface area contributed by atoms with Crippen molar-refractivity contribution in [3.8, 4) is 0 Å². The normalized spacial score (nSPS) is 16.9. The zero-order chi connectivity index (χ0) is 22.2. The van der Waals surface area contributed by atoms with Gasteiger partial charge in [0.2, 0.25) is 17.7 Å². The van der Waals surface area contributed by atoms with Crippen molar-refractivity contribution in [1.82, 2.24) is 15.5 Å². The van der Waals surface area contributed by atoms with Crippen LogP contribution >= 0.6 is 0 Å². The van der Waals surface area contributed by atoms with Crippen molar-refractivity contribution in [3.63, 3.8) is 0 Å². The first kappa shape index (κ1) is 22.5. The standard InChI is InChI=1S/C25H31N3O3/c1-18(2)13-22(25(31)26-15-19-9-5-3-6-10-19)27-23(29)17-28-16-21(14-24(28)30)20-11-7-4-8-12-20/h3-12,18,21-22H,13-17H2,1-2H3,(H,26,31)(H,27,29). The summed E-state index contributed by atoms with van der Waals surface area (Å²) >= 11 is 0. The number of amides is 3. The third-order valence-corrected chi connectivity index (χ3v) is 5.49. The highest BCUT2D eigenvalue weighted by Gasteiger charge is 2.32. The molecule has 2 aromatic rings. The Balaban J connectivity index is 1.55. The number of rotatable bonds is 9. The van der Waals surface area contributed by atoms with Crippen LogP contribution in [0.1, 0.15) is 43.7 Å². The van der Waals surface area contributed by atoms with E-state index >= 15 is 0 Å². The SMILES string of the molecule is CC(C)CC(NC(=O)CN1CC(c2ccccc2)CC1=O)C(=O)NCc1ccccc1.